The summed E-state index contributed by atoms with van der Waals surface area (Å²) in [6.07, 6.45) is 3.62. The van der Waals surface area contributed by atoms with Crippen LogP contribution in [0.15, 0.2) is 36.4 Å². The van der Waals surface area contributed by atoms with Crippen LogP contribution in [0, 0.1) is 10.1 Å². The van der Waals surface area contributed by atoms with Crippen LogP contribution in [-0.4, -0.2) is 10.0 Å². The fraction of sp³-hybridized carbons (Fsp3) is 0.364. The standard InChI is InChI=1S/C22H27NO3/c1-21(2,3)17-13-15(14-18(20(17)24)22(4,5)6)11-12-16-9-7-8-10-19(16)23(25)26/h7-14,24H,1-6H3. The highest BCUT2D eigenvalue weighted by Gasteiger charge is 2.26. The van der Waals surface area contributed by atoms with E-state index in [1.165, 1.54) is 6.07 Å². The molecule has 2 rings (SSSR count). The van der Waals surface area contributed by atoms with E-state index in [1.54, 1.807) is 24.3 Å². The predicted molar refractivity (Wildman–Crippen MR) is 108 cm³/mol. The molecule has 4 heteroatoms. The Bertz CT molecular complexity index is 817. The van der Waals surface area contributed by atoms with Crippen molar-refractivity contribution >= 4 is 17.8 Å². The van der Waals surface area contributed by atoms with E-state index in [4.69, 9.17) is 0 Å². The zero-order valence-electron chi connectivity index (χ0n) is 16.3. The second-order valence-electron chi connectivity index (χ2n) is 8.61. The lowest BCUT2D eigenvalue weighted by atomic mass is 9.78. The number of nitro benzene ring substituents is 1. The first kappa shape index (κ1) is 19.7. The third-order valence-corrected chi connectivity index (χ3v) is 4.34. The molecule has 2 aromatic carbocycles. The number of benzene rings is 2. The van der Waals surface area contributed by atoms with Crippen molar-refractivity contribution in [1.82, 2.24) is 0 Å². The second kappa shape index (κ2) is 6.94. The molecular formula is C22H27NO3. The number of hydrogen-bond acceptors (Lipinski definition) is 3. The lowest BCUT2D eigenvalue weighted by Crippen LogP contribution is -2.17. The number of aromatic hydroxyl groups is 1. The largest absolute Gasteiger partial charge is 0.507 e. The van der Waals surface area contributed by atoms with Gasteiger partial charge in [0, 0.05) is 17.2 Å². The molecule has 0 saturated carbocycles. The third-order valence-electron chi connectivity index (χ3n) is 4.34. The van der Waals surface area contributed by atoms with Crippen molar-refractivity contribution in [3.05, 3.63) is 68.8 Å². The Morgan fingerprint density at radius 2 is 1.42 bits per heavy atom. The number of nitro groups is 1. The fourth-order valence-corrected chi connectivity index (χ4v) is 2.88. The highest BCUT2D eigenvalue weighted by atomic mass is 16.6. The first-order valence-electron chi connectivity index (χ1n) is 8.71. The molecule has 138 valence electrons. The smallest absolute Gasteiger partial charge is 0.276 e. The van der Waals surface area contributed by atoms with Crippen molar-refractivity contribution in [2.24, 2.45) is 0 Å². The van der Waals surface area contributed by atoms with Crippen LogP contribution in [0.2, 0.25) is 0 Å². The van der Waals surface area contributed by atoms with E-state index in [2.05, 4.69) is 41.5 Å². The van der Waals surface area contributed by atoms with Gasteiger partial charge in [-0.05, 0) is 40.7 Å². The highest BCUT2D eigenvalue weighted by Crippen LogP contribution is 2.40. The maximum atomic E-state index is 11.2. The Kier molecular flexibility index (Phi) is 5.26. The van der Waals surface area contributed by atoms with Gasteiger partial charge in [-0.2, -0.15) is 0 Å². The molecule has 0 atom stereocenters. The monoisotopic (exact) mass is 353 g/mol. The molecule has 26 heavy (non-hydrogen) atoms. The van der Waals surface area contributed by atoms with Crippen LogP contribution >= 0.6 is 0 Å². The summed E-state index contributed by atoms with van der Waals surface area (Å²) in [6, 6.07) is 10.6. The molecule has 0 aliphatic carbocycles. The Hall–Kier alpha value is -2.62. The summed E-state index contributed by atoms with van der Waals surface area (Å²) in [7, 11) is 0. The number of rotatable bonds is 3. The average molecular weight is 353 g/mol. The van der Waals surface area contributed by atoms with Gasteiger partial charge >= 0.3 is 0 Å². The van der Waals surface area contributed by atoms with Crippen LogP contribution in [0.1, 0.15) is 63.8 Å². The first-order valence-corrected chi connectivity index (χ1v) is 8.71. The molecule has 0 aromatic heterocycles. The summed E-state index contributed by atoms with van der Waals surface area (Å²) in [5.41, 5.74) is 2.85. The number of phenolic OH excluding ortho intramolecular Hbond substituents is 1. The minimum Gasteiger partial charge on any atom is -0.507 e. The number of phenols is 1. The third kappa shape index (κ3) is 4.31. The Morgan fingerprint density at radius 3 is 1.88 bits per heavy atom. The van der Waals surface area contributed by atoms with Gasteiger partial charge in [-0.25, -0.2) is 0 Å². The molecule has 0 radical (unpaired) electrons. The van der Waals surface area contributed by atoms with Crippen LogP contribution in [0.25, 0.3) is 12.2 Å². The molecule has 2 aromatic rings. The van der Waals surface area contributed by atoms with E-state index < -0.39 is 0 Å². The minimum absolute atomic E-state index is 0.0784. The quantitative estimate of drug-likeness (QED) is 0.414. The average Bonchev–Trinajstić information content (AvgIpc) is 2.51. The predicted octanol–water partition coefficient (Wildman–Crippen LogP) is 6.07. The van der Waals surface area contributed by atoms with Gasteiger partial charge in [0.05, 0.1) is 10.5 Å². The van der Waals surface area contributed by atoms with E-state index in [0.29, 0.717) is 11.3 Å². The second-order valence-corrected chi connectivity index (χ2v) is 8.61. The molecule has 1 N–H and O–H groups in total. The van der Waals surface area contributed by atoms with Crippen LogP contribution in [0.3, 0.4) is 0 Å². The van der Waals surface area contributed by atoms with Gasteiger partial charge in [-0.15, -0.1) is 0 Å². The van der Waals surface area contributed by atoms with E-state index >= 15 is 0 Å². The first-order chi connectivity index (χ1) is 11.9. The molecule has 0 spiro atoms. The van der Waals surface area contributed by atoms with Crippen LogP contribution < -0.4 is 0 Å². The molecule has 0 amide bonds. The van der Waals surface area contributed by atoms with Crippen molar-refractivity contribution in [3.63, 3.8) is 0 Å². The van der Waals surface area contributed by atoms with E-state index in [0.717, 1.165) is 16.7 Å². The molecule has 0 aliphatic heterocycles. The lowest BCUT2D eigenvalue weighted by molar-refractivity contribution is -0.385. The van der Waals surface area contributed by atoms with E-state index in [1.807, 2.05) is 18.2 Å². The maximum absolute atomic E-state index is 11.2. The SMILES string of the molecule is CC(C)(C)c1cc(C=Cc2ccccc2[N+](=O)[O-])cc(C(C)(C)C)c1O. The lowest BCUT2D eigenvalue weighted by Gasteiger charge is -2.27. The van der Waals surface area contributed by atoms with Crippen LogP contribution in [0.4, 0.5) is 5.69 Å². The summed E-state index contributed by atoms with van der Waals surface area (Å²) >= 11 is 0. The van der Waals surface area contributed by atoms with E-state index in [-0.39, 0.29) is 21.4 Å². The molecule has 0 saturated heterocycles. The van der Waals surface area contributed by atoms with Gasteiger partial charge in [0.25, 0.3) is 5.69 Å². The molecule has 0 unspecified atom stereocenters. The van der Waals surface area contributed by atoms with Crippen molar-refractivity contribution in [2.75, 3.05) is 0 Å². The van der Waals surface area contributed by atoms with Gasteiger partial charge in [-0.1, -0.05) is 59.8 Å². The van der Waals surface area contributed by atoms with Gasteiger partial charge in [0.2, 0.25) is 0 Å². The molecule has 0 heterocycles. The van der Waals surface area contributed by atoms with Crippen molar-refractivity contribution < 1.29 is 10.0 Å². The van der Waals surface area contributed by atoms with Gasteiger partial charge in [0.15, 0.2) is 0 Å². The molecule has 0 fully saturated rings. The summed E-state index contributed by atoms with van der Waals surface area (Å²) < 4.78 is 0. The summed E-state index contributed by atoms with van der Waals surface area (Å²) in [5, 5.41) is 22.0. The van der Waals surface area contributed by atoms with Gasteiger partial charge in [-0.3, -0.25) is 10.1 Å². The normalized spacial score (nSPS) is 12.5. The molecule has 0 aliphatic rings. The van der Waals surface area contributed by atoms with Crippen molar-refractivity contribution in [1.29, 1.82) is 0 Å². The number of para-hydroxylation sites is 1. The molecule has 4 nitrogen and oxygen atoms in total. The minimum atomic E-state index is -0.377. The Labute approximate surface area is 155 Å². The zero-order chi connectivity index (χ0) is 19.7. The van der Waals surface area contributed by atoms with Crippen LogP contribution in [-0.2, 0) is 10.8 Å². The van der Waals surface area contributed by atoms with Gasteiger partial charge < -0.3 is 5.11 Å². The molecular weight excluding hydrogens is 326 g/mol. The fourth-order valence-electron chi connectivity index (χ4n) is 2.88. The van der Waals surface area contributed by atoms with Crippen molar-refractivity contribution in [2.45, 2.75) is 52.4 Å². The summed E-state index contributed by atoms with van der Waals surface area (Å²) in [6.45, 7) is 12.4. The van der Waals surface area contributed by atoms with Crippen LogP contribution in [0.5, 0.6) is 5.75 Å². The van der Waals surface area contributed by atoms with Gasteiger partial charge in [0.1, 0.15) is 5.75 Å². The number of nitrogens with zero attached hydrogens (tertiary/aromatic N) is 1. The summed E-state index contributed by atoms with van der Waals surface area (Å²) in [5.74, 6) is 0.327. The Morgan fingerprint density at radius 1 is 0.923 bits per heavy atom. The zero-order valence-corrected chi connectivity index (χ0v) is 16.3. The number of hydrogen-bond donors (Lipinski definition) is 1. The Balaban J connectivity index is 2.59. The van der Waals surface area contributed by atoms with Crippen molar-refractivity contribution in [3.8, 4) is 5.75 Å². The maximum Gasteiger partial charge on any atom is 0.276 e. The topological polar surface area (TPSA) is 63.4 Å². The van der Waals surface area contributed by atoms with E-state index in [9.17, 15) is 15.2 Å². The highest BCUT2D eigenvalue weighted by molar-refractivity contribution is 5.75. The molecule has 0 bridgehead atoms. The summed E-state index contributed by atoms with van der Waals surface area (Å²) in [4.78, 5) is 10.8.